The molecule has 2 aromatic rings. The molecule has 1 N–H and O–H groups in total. The van der Waals surface area contributed by atoms with Gasteiger partial charge in [0.05, 0.1) is 45.7 Å². The minimum Gasteiger partial charge on any atom is -0.497 e. The SMILES string of the molecule is COc1ccc(NC(=O)COC(=O)[C@@H]2CC(=O)N(c3cc(OC)ccc3OC)C2)c(OC)c1. The Morgan fingerprint density at radius 1 is 0.939 bits per heavy atom. The van der Waals surface area contributed by atoms with Gasteiger partial charge in [-0.1, -0.05) is 0 Å². The van der Waals surface area contributed by atoms with Crippen molar-refractivity contribution < 1.29 is 38.1 Å². The summed E-state index contributed by atoms with van der Waals surface area (Å²) in [5.41, 5.74) is 0.910. The molecule has 0 aromatic heterocycles. The standard InChI is InChI=1S/C23H26N2O8/c1-29-15-6-8-19(31-3)18(10-15)25-12-14(9-22(25)27)23(28)33-13-21(26)24-17-7-5-16(30-2)11-20(17)32-4/h5-8,10-11,14H,9,12-13H2,1-4H3,(H,24,26)/t14-/m1/s1. The van der Waals surface area contributed by atoms with Crippen LogP contribution in [0.1, 0.15) is 6.42 Å². The molecule has 1 fully saturated rings. The van der Waals surface area contributed by atoms with Crippen molar-refractivity contribution in [1.82, 2.24) is 0 Å². The first-order chi connectivity index (χ1) is 15.9. The summed E-state index contributed by atoms with van der Waals surface area (Å²) >= 11 is 0. The Bertz CT molecular complexity index is 1040. The van der Waals surface area contributed by atoms with Gasteiger partial charge in [0, 0.05) is 25.1 Å². The fraction of sp³-hybridized carbons (Fsp3) is 0.348. The van der Waals surface area contributed by atoms with E-state index >= 15 is 0 Å². The second kappa shape index (κ2) is 10.6. The maximum atomic E-state index is 12.6. The number of esters is 1. The number of carbonyl (C=O) groups is 3. The molecule has 0 bridgehead atoms. The summed E-state index contributed by atoms with van der Waals surface area (Å²) in [5.74, 6) is -0.140. The number of ether oxygens (including phenoxy) is 5. The van der Waals surface area contributed by atoms with Gasteiger partial charge in [0.15, 0.2) is 6.61 Å². The van der Waals surface area contributed by atoms with Crippen LogP contribution in [-0.2, 0) is 19.1 Å². The number of nitrogens with zero attached hydrogens (tertiary/aromatic N) is 1. The molecule has 2 aromatic carbocycles. The number of hydrogen-bond donors (Lipinski definition) is 1. The van der Waals surface area contributed by atoms with E-state index in [0.717, 1.165) is 0 Å². The van der Waals surface area contributed by atoms with Gasteiger partial charge in [-0.05, 0) is 24.3 Å². The van der Waals surface area contributed by atoms with Crippen molar-refractivity contribution in [1.29, 1.82) is 0 Å². The van der Waals surface area contributed by atoms with Gasteiger partial charge in [-0.15, -0.1) is 0 Å². The van der Waals surface area contributed by atoms with Gasteiger partial charge >= 0.3 is 5.97 Å². The van der Waals surface area contributed by atoms with E-state index in [2.05, 4.69) is 5.32 Å². The highest BCUT2D eigenvalue weighted by Gasteiger charge is 2.37. The lowest BCUT2D eigenvalue weighted by molar-refractivity contribution is -0.151. The normalized spacial score (nSPS) is 15.1. The van der Waals surface area contributed by atoms with Crippen LogP contribution in [0.4, 0.5) is 11.4 Å². The number of hydrogen-bond acceptors (Lipinski definition) is 8. The van der Waals surface area contributed by atoms with E-state index in [-0.39, 0.29) is 18.9 Å². The molecule has 0 aliphatic carbocycles. The average molecular weight is 458 g/mol. The van der Waals surface area contributed by atoms with Gasteiger partial charge in [-0.2, -0.15) is 0 Å². The van der Waals surface area contributed by atoms with Crippen LogP contribution >= 0.6 is 0 Å². The van der Waals surface area contributed by atoms with Gasteiger partial charge in [0.2, 0.25) is 5.91 Å². The van der Waals surface area contributed by atoms with E-state index in [1.165, 1.54) is 33.3 Å². The molecule has 0 spiro atoms. The second-order valence-corrected chi connectivity index (χ2v) is 7.17. The Morgan fingerprint density at radius 3 is 2.27 bits per heavy atom. The number of rotatable bonds is 9. The maximum Gasteiger partial charge on any atom is 0.311 e. The Morgan fingerprint density at radius 2 is 1.61 bits per heavy atom. The topological polar surface area (TPSA) is 113 Å². The predicted molar refractivity (Wildman–Crippen MR) is 119 cm³/mol. The molecule has 33 heavy (non-hydrogen) atoms. The van der Waals surface area contributed by atoms with Crippen LogP contribution < -0.4 is 29.2 Å². The highest BCUT2D eigenvalue weighted by atomic mass is 16.5. The van der Waals surface area contributed by atoms with Crippen LogP contribution in [-0.4, -0.2) is 59.4 Å². The molecule has 0 radical (unpaired) electrons. The number of amides is 2. The zero-order chi connectivity index (χ0) is 24.0. The summed E-state index contributed by atoms with van der Waals surface area (Å²) in [5, 5.41) is 2.63. The van der Waals surface area contributed by atoms with Crippen molar-refractivity contribution in [2.75, 3.05) is 51.8 Å². The molecule has 10 nitrogen and oxygen atoms in total. The first-order valence-electron chi connectivity index (χ1n) is 10.1. The fourth-order valence-corrected chi connectivity index (χ4v) is 3.45. The molecule has 1 atom stereocenters. The highest BCUT2D eigenvalue weighted by molar-refractivity contribution is 6.01. The van der Waals surface area contributed by atoms with Crippen molar-refractivity contribution in [3.8, 4) is 23.0 Å². The van der Waals surface area contributed by atoms with Crippen LogP contribution in [0.15, 0.2) is 36.4 Å². The summed E-state index contributed by atoms with van der Waals surface area (Å²) < 4.78 is 26.1. The average Bonchev–Trinajstić information content (AvgIpc) is 3.23. The third kappa shape index (κ3) is 5.46. The molecule has 0 unspecified atom stereocenters. The quantitative estimate of drug-likeness (QED) is 0.570. The summed E-state index contributed by atoms with van der Waals surface area (Å²) in [4.78, 5) is 38.8. The molecule has 2 amide bonds. The van der Waals surface area contributed by atoms with E-state index in [9.17, 15) is 14.4 Å². The van der Waals surface area contributed by atoms with Gasteiger partial charge in [0.1, 0.15) is 23.0 Å². The molecule has 1 aliphatic heterocycles. The Hall–Kier alpha value is -3.95. The molecule has 1 aliphatic rings. The Balaban J connectivity index is 1.60. The zero-order valence-corrected chi connectivity index (χ0v) is 18.9. The second-order valence-electron chi connectivity index (χ2n) is 7.17. The molecule has 10 heteroatoms. The Kier molecular flexibility index (Phi) is 7.60. The summed E-state index contributed by atoms with van der Waals surface area (Å²) in [6.07, 6.45) is -0.0346. The van der Waals surface area contributed by atoms with Crippen LogP contribution in [0.2, 0.25) is 0 Å². The van der Waals surface area contributed by atoms with Crippen LogP contribution in [0.5, 0.6) is 23.0 Å². The third-order valence-corrected chi connectivity index (χ3v) is 5.16. The maximum absolute atomic E-state index is 12.6. The van der Waals surface area contributed by atoms with E-state index in [4.69, 9.17) is 23.7 Å². The van der Waals surface area contributed by atoms with E-state index < -0.39 is 24.4 Å². The molecular formula is C23H26N2O8. The van der Waals surface area contributed by atoms with Crippen molar-refractivity contribution in [2.45, 2.75) is 6.42 Å². The number of methoxy groups -OCH3 is 4. The number of benzene rings is 2. The molecular weight excluding hydrogens is 432 g/mol. The molecule has 3 rings (SSSR count). The summed E-state index contributed by atoms with van der Waals surface area (Å²) in [6, 6.07) is 9.96. The lowest BCUT2D eigenvalue weighted by Gasteiger charge is -2.20. The van der Waals surface area contributed by atoms with Gasteiger partial charge in [-0.3, -0.25) is 14.4 Å². The van der Waals surface area contributed by atoms with Gasteiger partial charge in [-0.25, -0.2) is 0 Å². The Labute approximate surface area is 191 Å². The lowest BCUT2D eigenvalue weighted by atomic mass is 10.1. The molecule has 1 saturated heterocycles. The van der Waals surface area contributed by atoms with E-state index in [1.54, 1.807) is 36.4 Å². The largest absolute Gasteiger partial charge is 0.497 e. The van der Waals surface area contributed by atoms with Crippen LogP contribution in [0.25, 0.3) is 0 Å². The van der Waals surface area contributed by atoms with Crippen LogP contribution in [0, 0.1) is 5.92 Å². The molecule has 176 valence electrons. The minimum absolute atomic E-state index is 0.0346. The number of carbonyl (C=O) groups excluding carboxylic acids is 3. The number of anilines is 2. The van der Waals surface area contributed by atoms with Gasteiger partial charge in [0.25, 0.3) is 5.91 Å². The predicted octanol–water partition coefficient (Wildman–Crippen LogP) is 2.26. The van der Waals surface area contributed by atoms with Crippen molar-refractivity contribution >= 4 is 29.2 Å². The van der Waals surface area contributed by atoms with Crippen molar-refractivity contribution in [2.24, 2.45) is 5.92 Å². The first kappa shape index (κ1) is 23.7. The summed E-state index contributed by atoms with van der Waals surface area (Å²) in [7, 11) is 5.99. The molecule has 1 heterocycles. The fourth-order valence-electron chi connectivity index (χ4n) is 3.45. The van der Waals surface area contributed by atoms with E-state index in [1.807, 2.05) is 0 Å². The lowest BCUT2D eigenvalue weighted by Crippen LogP contribution is -2.28. The van der Waals surface area contributed by atoms with Crippen molar-refractivity contribution in [3.63, 3.8) is 0 Å². The van der Waals surface area contributed by atoms with Crippen molar-refractivity contribution in [3.05, 3.63) is 36.4 Å². The van der Waals surface area contributed by atoms with Gasteiger partial charge < -0.3 is 33.9 Å². The summed E-state index contributed by atoms with van der Waals surface area (Å²) in [6.45, 7) is -0.393. The molecule has 0 saturated carbocycles. The third-order valence-electron chi connectivity index (χ3n) is 5.16. The highest BCUT2D eigenvalue weighted by Crippen LogP contribution is 2.36. The number of nitrogens with one attached hydrogen (secondary N) is 1. The van der Waals surface area contributed by atoms with E-state index in [0.29, 0.717) is 34.4 Å². The smallest absolute Gasteiger partial charge is 0.311 e. The zero-order valence-electron chi connectivity index (χ0n) is 18.9. The monoisotopic (exact) mass is 458 g/mol. The van der Waals surface area contributed by atoms with Crippen LogP contribution in [0.3, 0.4) is 0 Å². The first-order valence-corrected chi connectivity index (χ1v) is 10.1. The minimum atomic E-state index is -0.711.